The zero-order valence-corrected chi connectivity index (χ0v) is 12.0. The fraction of sp³-hybridized carbons (Fsp3) is 0.111. The van der Waals surface area contributed by atoms with E-state index >= 15 is 0 Å². The van der Waals surface area contributed by atoms with E-state index in [4.69, 9.17) is 0 Å². The molecule has 0 amide bonds. The number of ketones is 2. The van der Waals surface area contributed by atoms with Gasteiger partial charge in [-0.25, -0.2) is 0 Å². The maximum absolute atomic E-state index is 12.6. The Bertz CT molecular complexity index is 844. The third-order valence-corrected chi connectivity index (χ3v) is 3.57. The van der Waals surface area contributed by atoms with Crippen LogP contribution in [0.5, 0.6) is 0 Å². The molecule has 0 atom stereocenters. The van der Waals surface area contributed by atoms with E-state index in [0.717, 1.165) is 11.1 Å². The lowest BCUT2D eigenvalue weighted by Crippen LogP contribution is -2.04. The lowest BCUT2D eigenvalue weighted by atomic mass is 10.1. The number of Topliss-reactive ketones (excluding diaryl/α,β-unsaturated/α-hetero) is 1. The van der Waals surface area contributed by atoms with Crippen molar-refractivity contribution in [2.75, 3.05) is 0 Å². The van der Waals surface area contributed by atoms with Gasteiger partial charge in [-0.05, 0) is 37.6 Å². The SMILES string of the molecule is CC(=O)c1cc(C(=O)c2ccccc2)n2ccc(C)cc12. The first kappa shape index (κ1) is 13.3. The molecule has 2 aromatic heterocycles. The van der Waals surface area contributed by atoms with E-state index in [2.05, 4.69) is 0 Å². The third-order valence-electron chi connectivity index (χ3n) is 3.57. The number of rotatable bonds is 3. The normalized spacial score (nSPS) is 10.8. The van der Waals surface area contributed by atoms with E-state index in [1.807, 2.05) is 43.5 Å². The van der Waals surface area contributed by atoms with Crippen molar-refractivity contribution < 1.29 is 9.59 Å². The molecule has 0 radical (unpaired) electrons. The van der Waals surface area contributed by atoms with E-state index in [0.29, 0.717) is 16.8 Å². The molecule has 0 saturated heterocycles. The molecular formula is C18H15NO2. The number of nitrogens with zero attached hydrogens (tertiary/aromatic N) is 1. The molecule has 0 fully saturated rings. The standard InChI is InChI=1S/C18H15NO2/c1-12-8-9-19-16(10-12)15(13(2)20)11-17(19)18(21)14-6-4-3-5-7-14/h3-11H,1-2H3. The van der Waals surface area contributed by atoms with Gasteiger partial charge >= 0.3 is 0 Å². The molecule has 0 unspecified atom stereocenters. The van der Waals surface area contributed by atoms with Crippen molar-refractivity contribution in [3.63, 3.8) is 0 Å². The van der Waals surface area contributed by atoms with Crippen molar-refractivity contribution in [3.05, 3.63) is 77.1 Å². The first-order valence-electron chi connectivity index (χ1n) is 6.80. The lowest BCUT2D eigenvalue weighted by molar-refractivity contribution is 0.101. The highest BCUT2D eigenvalue weighted by molar-refractivity contribution is 6.12. The monoisotopic (exact) mass is 277 g/mol. The molecule has 0 aliphatic heterocycles. The summed E-state index contributed by atoms with van der Waals surface area (Å²) in [6.07, 6.45) is 1.84. The van der Waals surface area contributed by atoms with E-state index < -0.39 is 0 Å². The second-order valence-electron chi connectivity index (χ2n) is 5.15. The van der Waals surface area contributed by atoms with Crippen molar-refractivity contribution in [1.82, 2.24) is 4.40 Å². The predicted molar refractivity (Wildman–Crippen MR) is 82.0 cm³/mol. The lowest BCUT2D eigenvalue weighted by Gasteiger charge is -2.03. The van der Waals surface area contributed by atoms with E-state index in [-0.39, 0.29) is 11.6 Å². The molecule has 0 spiro atoms. The average molecular weight is 277 g/mol. The van der Waals surface area contributed by atoms with Gasteiger partial charge in [0, 0.05) is 17.3 Å². The highest BCUT2D eigenvalue weighted by atomic mass is 16.1. The fourth-order valence-electron chi connectivity index (χ4n) is 2.50. The zero-order chi connectivity index (χ0) is 15.0. The van der Waals surface area contributed by atoms with Gasteiger partial charge in [-0.2, -0.15) is 0 Å². The van der Waals surface area contributed by atoms with Crippen molar-refractivity contribution >= 4 is 17.1 Å². The minimum atomic E-state index is -0.0815. The van der Waals surface area contributed by atoms with E-state index in [1.165, 1.54) is 6.92 Å². The summed E-state index contributed by atoms with van der Waals surface area (Å²) in [4.78, 5) is 24.5. The summed E-state index contributed by atoms with van der Waals surface area (Å²) in [5.74, 6) is -0.118. The third kappa shape index (κ3) is 2.27. The van der Waals surface area contributed by atoms with Gasteiger partial charge in [0.05, 0.1) is 11.2 Å². The molecule has 0 aliphatic rings. The van der Waals surface area contributed by atoms with Gasteiger partial charge in [-0.3, -0.25) is 9.59 Å². The van der Waals surface area contributed by atoms with Crippen LogP contribution in [0.1, 0.15) is 38.9 Å². The summed E-state index contributed by atoms with van der Waals surface area (Å²) in [7, 11) is 0. The first-order chi connectivity index (χ1) is 10.1. The highest BCUT2D eigenvalue weighted by Crippen LogP contribution is 2.21. The van der Waals surface area contributed by atoms with Crippen LogP contribution < -0.4 is 0 Å². The second-order valence-corrected chi connectivity index (χ2v) is 5.15. The Morgan fingerprint density at radius 2 is 1.71 bits per heavy atom. The van der Waals surface area contributed by atoms with Crippen molar-refractivity contribution in [1.29, 1.82) is 0 Å². The predicted octanol–water partition coefficient (Wildman–Crippen LogP) is 3.68. The topological polar surface area (TPSA) is 38.5 Å². The molecule has 0 N–H and O–H groups in total. The second kappa shape index (κ2) is 5.02. The number of hydrogen-bond acceptors (Lipinski definition) is 2. The summed E-state index contributed by atoms with van der Waals surface area (Å²) in [5.41, 5.74) is 3.55. The quantitative estimate of drug-likeness (QED) is 0.685. The minimum Gasteiger partial charge on any atom is -0.313 e. The van der Waals surface area contributed by atoms with Gasteiger partial charge in [-0.1, -0.05) is 30.3 Å². The minimum absolute atomic E-state index is 0.0368. The number of hydrogen-bond donors (Lipinski definition) is 0. The number of carbonyl (C=O) groups excluding carboxylic acids is 2. The average Bonchev–Trinajstić information content (AvgIpc) is 2.86. The Kier molecular flexibility index (Phi) is 3.18. The van der Waals surface area contributed by atoms with Crippen LogP contribution in [0.15, 0.2) is 54.7 Å². The molecule has 3 rings (SSSR count). The highest BCUT2D eigenvalue weighted by Gasteiger charge is 2.18. The Hall–Kier alpha value is -2.68. The summed E-state index contributed by atoms with van der Waals surface area (Å²) in [6.45, 7) is 3.49. The van der Waals surface area contributed by atoms with Crippen LogP contribution in [0, 0.1) is 6.92 Å². The van der Waals surface area contributed by atoms with Gasteiger partial charge in [0.1, 0.15) is 0 Å². The van der Waals surface area contributed by atoms with Gasteiger partial charge in [0.25, 0.3) is 0 Å². The van der Waals surface area contributed by atoms with Crippen LogP contribution >= 0.6 is 0 Å². The van der Waals surface area contributed by atoms with E-state index in [1.54, 1.807) is 22.6 Å². The summed E-state index contributed by atoms with van der Waals surface area (Å²) in [5, 5.41) is 0. The molecule has 0 aliphatic carbocycles. The molecule has 104 valence electrons. The van der Waals surface area contributed by atoms with Crippen LogP contribution in [0.2, 0.25) is 0 Å². The van der Waals surface area contributed by atoms with Crippen molar-refractivity contribution in [2.24, 2.45) is 0 Å². The largest absolute Gasteiger partial charge is 0.313 e. The van der Waals surface area contributed by atoms with E-state index in [9.17, 15) is 9.59 Å². The van der Waals surface area contributed by atoms with Crippen molar-refractivity contribution in [3.8, 4) is 0 Å². The molecule has 0 bridgehead atoms. The van der Waals surface area contributed by atoms with Crippen LogP contribution in [0.4, 0.5) is 0 Å². The molecule has 3 aromatic rings. The number of carbonyl (C=O) groups is 2. The van der Waals surface area contributed by atoms with Gasteiger partial charge in [0.2, 0.25) is 5.78 Å². The van der Waals surface area contributed by atoms with Gasteiger partial charge < -0.3 is 4.40 Å². The maximum Gasteiger partial charge on any atom is 0.209 e. The van der Waals surface area contributed by atoms with Crippen LogP contribution in [0.3, 0.4) is 0 Å². The smallest absolute Gasteiger partial charge is 0.209 e. The number of aromatic nitrogens is 1. The molecule has 21 heavy (non-hydrogen) atoms. The molecular weight excluding hydrogens is 262 g/mol. The Balaban J connectivity index is 2.24. The fourth-order valence-corrected chi connectivity index (χ4v) is 2.50. The maximum atomic E-state index is 12.6. The number of fused-ring (bicyclic) bond motifs is 1. The number of benzene rings is 1. The van der Waals surface area contributed by atoms with Crippen LogP contribution in [-0.4, -0.2) is 16.0 Å². The molecule has 1 aromatic carbocycles. The van der Waals surface area contributed by atoms with Gasteiger partial charge in [-0.15, -0.1) is 0 Å². The number of pyridine rings is 1. The molecule has 3 nitrogen and oxygen atoms in total. The molecule has 2 heterocycles. The first-order valence-corrected chi connectivity index (χ1v) is 6.80. The zero-order valence-electron chi connectivity index (χ0n) is 12.0. The number of aryl methyl sites for hydroxylation is 1. The Morgan fingerprint density at radius 1 is 1.00 bits per heavy atom. The van der Waals surface area contributed by atoms with Crippen molar-refractivity contribution in [2.45, 2.75) is 13.8 Å². The Morgan fingerprint density at radius 3 is 2.38 bits per heavy atom. The summed E-state index contributed by atoms with van der Waals surface area (Å²) < 4.78 is 1.79. The van der Waals surface area contributed by atoms with Crippen LogP contribution in [0.25, 0.3) is 5.52 Å². The summed E-state index contributed by atoms with van der Waals surface area (Å²) in [6, 6.07) is 14.6. The van der Waals surface area contributed by atoms with Gasteiger partial charge in [0.15, 0.2) is 5.78 Å². The molecule has 0 saturated carbocycles. The Labute approximate surface area is 122 Å². The molecule has 3 heteroatoms. The summed E-state index contributed by atoms with van der Waals surface area (Å²) >= 11 is 0. The van der Waals surface area contributed by atoms with Crippen LogP contribution in [-0.2, 0) is 0 Å².